The van der Waals surface area contributed by atoms with Crippen LogP contribution >= 0.6 is 0 Å². The van der Waals surface area contributed by atoms with Crippen LogP contribution in [0.4, 0.5) is 0 Å². The Morgan fingerprint density at radius 3 is 2.17 bits per heavy atom. The van der Waals surface area contributed by atoms with Gasteiger partial charge in [0.15, 0.2) is 0 Å². The zero-order chi connectivity index (χ0) is 17.7. The number of benzene rings is 2. The Hall–Kier alpha value is -2.18. The van der Waals surface area contributed by atoms with E-state index in [1.807, 2.05) is 31.2 Å². The van der Waals surface area contributed by atoms with E-state index in [0.717, 1.165) is 15.4 Å². The van der Waals surface area contributed by atoms with Gasteiger partial charge >= 0.3 is 0 Å². The van der Waals surface area contributed by atoms with Gasteiger partial charge in [0.2, 0.25) is 15.9 Å². The Labute approximate surface area is 143 Å². The molecule has 0 saturated heterocycles. The number of aryl methyl sites for hydroxylation is 1. The summed E-state index contributed by atoms with van der Waals surface area (Å²) in [6.45, 7) is 2.24. The third-order valence-electron chi connectivity index (χ3n) is 3.90. The van der Waals surface area contributed by atoms with Gasteiger partial charge in [-0.25, -0.2) is 8.42 Å². The SMILES string of the molecule is Cc1ccccc1CN(C)C(=O)CN(C)S(=O)(=O)c1ccccc1. The molecular formula is C18H22N2O3S. The largest absolute Gasteiger partial charge is 0.340 e. The van der Waals surface area contributed by atoms with Crippen molar-refractivity contribution >= 4 is 15.9 Å². The predicted molar refractivity (Wildman–Crippen MR) is 93.9 cm³/mol. The second-order valence-corrected chi connectivity index (χ2v) is 7.80. The molecule has 0 spiro atoms. The fourth-order valence-corrected chi connectivity index (χ4v) is 3.44. The summed E-state index contributed by atoms with van der Waals surface area (Å²) in [4.78, 5) is 14.1. The van der Waals surface area contributed by atoms with Crippen LogP contribution in [0.1, 0.15) is 11.1 Å². The molecule has 0 radical (unpaired) electrons. The van der Waals surface area contributed by atoms with Crippen molar-refractivity contribution in [1.29, 1.82) is 0 Å². The molecule has 0 fully saturated rings. The molecule has 1 amide bonds. The number of amides is 1. The number of nitrogens with zero attached hydrogens (tertiary/aromatic N) is 2. The van der Waals surface area contributed by atoms with Crippen LogP contribution in [0.2, 0.25) is 0 Å². The van der Waals surface area contributed by atoms with E-state index in [4.69, 9.17) is 0 Å². The average molecular weight is 346 g/mol. The molecule has 2 rings (SSSR count). The number of rotatable bonds is 6. The fraction of sp³-hybridized carbons (Fsp3) is 0.278. The van der Waals surface area contributed by atoms with Crippen molar-refractivity contribution in [3.05, 3.63) is 65.7 Å². The molecular weight excluding hydrogens is 324 g/mol. The third-order valence-corrected chi connectivity index (χ3v) is 5.72. The first kappa shape index (κ1) is 18.2. The molecule has 128 valence electrons. The highest BCUT2D eigenvalue weighted by atomic mass is 32.2. The summed E-state index contributed by atoms with van der Waals surface area (Å²) in [6, 6.07) is 15.9. The molecule has 0 bridgehead atoms. The molecule has 0 N–H and O–H groups in total. The Kier molecular flexibility index (Phi) is 5.75. The summed E-state index contributed by atoms with van der Waals surface area (Å²) in [5.74, 6) is -0.250. The molecule has 6 heteroatoms. The summed E-state index contributed by atoms with van der Waals surface area (Å²) in [7, 11) is -0.566. The van der Waals surface area contributed by atoms with E-state index in [2.05, 4.69) is 0 Å². The lowest BCUT2D eigenvalue weighted by Gasteiger charge is -2.22. The highest BCUT2D eigenvalue weighted by Gasteiger charge is 2.24. The summed E-state index contributed by atoms with van der Waals surface area (Å²) in [5.41, 5.74) is 2.14. The molecule has 24 heavy (non-hydrogen) atoms. The Balaban J connectivity index is 2.04. The summed E-state index contributed by atoms with van der Waals surface area (Å²) in [5, 5.41) is 0. The van der Waals surface area contributed by atoms with Crippen molar-refractivity contribution in [2.75, 3.05) is 20.6 Å². The van der Waals surface area contributed by atoms with E-state index in [1.165, 1.54) is 19.2 Å². The Morgan fingerprint density at radius 2 is 1.54 bits per heavy atom. The maximum Gasteiger partial charge on any atom is 0.243 e. The van der Waals surface area contributed by atoms with Crippen LogP contribution in [0.15, 0.2) is 59.5 Å². The number of likely N-dealkylation sites (N-methyl/N-ethyl adjacent to an activating group) is 2. The quantitative estimate of drug-likeness (QED) is 0.806. The minimum atomic E-state index is -3.66. The highest BCUT2D eigenvalue weighted by Crippen LogP contribution is 2.14. The average Bonchev–Trinajstić information content (AvgIpc) is 2.57. The molecule has 2 aromatic carbocycles. The minimum absolute atomic E-state index is 0.182. The van der Waals surface area contributed by atoms with Gasteiger partial charge in [-0.1, -0.05) is 42.5 Å². The minimum Gasteiger partial charge on any atom is -0.340 e. The monoisotopic (exact) mass is 346 g/mol. The van der Waals surface area contributed by atoms with Gasteiger partial charge in [0.1, 0.15) is 0 Å². The van der Waals surface area contributed by atoms with Gasteiger partial charge < -0.3 is 4.90 Å². The smallest absolute Gasteiger partial charge is 0.243 e. The van der Waals surface area contributed by atoms with Crippen LogP contribution in [0.3, 0.4) is 0 Å². The lowest BCUT2D eigenvalue weighted by atomic mass is 10.1. The van der Waals surface area contributed by atoms with Crippen molar-refractivity contribution in [2.45, 2.75) is 18.4 Å². The molecule has 0 saturated carbocycles. The zero-order valence-electron chi connectivity index (χ0n) is 14.1. The van der Waals surface area contributed by atoms with Crippen LogP contribution in [-0.2, 0) is 21.4 Å². The fourth-order valence-electron chi connectivity index (χ4n) is 2.30. The normalized spacial score (nSPS) is 11.5. The number of hydrogen-bond acceptors (Lipinski definition) is 3. The van der Waals surface area contributed by atoms with Crippen molar-refractivity contribution in [2.24, 2.45) is 0 Å². The predicted octanol–water partition coefficient (Wildman–Crippen LogP) is 2.27. The maximum atomic E-state index is 12.5. The van der Waals surface area contributed by atoms with Crippen LogP contribution < -0.4 is 0 Å². The van der Waals surface area contributed by atoms with Gasteiger partial charge in [-0.3, -0.25) is 4.79 Å². The zero-order valence-corrected chi connectivity index (χ0v) is 15.0. The van der Waals surface area contributed by atoms with Gasteiger partial charge in [-0.2, -0.15) is 4.31 Å². The number of carbonyl (C=O) groups excluding carboxylic acids is 1. The topological polar surface area (TPSA) is 57.7 Å². The van der Waals surface area contributed by atoms with Crippen LogP contribution in [0.5, 0.6) is 0 Å². The van der Waals surface area contributed by atoms with E-state index >= 15 is 0 Å². The van der Waals surface area contributed by atoms with Crippen molar-refractivity contribution in [3.8, 4) is 0 Å². The van der Waals surface area contributed by atoms with Crippen molar-refractivity contribution < 1.29 is 13.2 Å². The van der Waals surface area contributed by atoms with E-state index in [0.29, 0.717) is 6.54 Å². The maximum absolute atomic E-state index is 12.5. The second-order valence-electron chi connectivity index (χ2n) is 5.75. The molecule has 0 atom stereocenters. The standard InChI is InChI=1S/C18H22N2O3S/c1-15-9-7-8-10-16(15)13-19(2)18(21)14-20(3)24(22,23)17-11-5-4-6-12-17/h4-12H,13-14H2,1-3H3. The molecule has 0 aliphatic heterocycles. The van der Waals surface area contributed by atoms with E-state index in [9.17, 15) is 13.2 Å². The highest BCUT2D eigenvalue weighted by molar-refractivity contribution is 7.89. The first-order chi connectivity index (χ1) is 11.3. The molecule has 0 aliphatic carbocycles. The van der Waals surface area contributed by atoms with Crippen LogP contribution in [0, 0.1) is 6.92 Å². The van der Waals surface area contributed by atoms with Gasteiger partial charge in [-0.15, -0.1) is 0 Å². The van der Waals surface area contributed by atoms with Crippen LogP contribution in [0.25, 0.3) is 0 Å². The lowest BCUT2D eigenvalue weighted by molar-refractivity contribution is -0.130. The van der Waals surface area contributed by atoms with Gasteiger partial charge in [0.05, 0.1) is 11.4 Å². The van der Waals surface area contributed by atoms with Gasteiger partial charge in [-0.05, 0) is 30.2 Å². The Morgan fingerprint density at radius 1 is 0.958 bits per heavy atom. The molecule has 0 heterocycles. The number of sulfonamides is 1. The van der Waals surface area contributed by atoms with E-state index < -0.39 is 10.0 Å². The molecule has 0 aromatic heterocycles. The number of carbonyl (C=O) groups is 1. The summed E-state index contributed by atoms with van der Waals surface area (Å²) >= 11 is 0. The number of hydrogen-bond donors (Lipinski definition) is 0. The van der Waals surface area contributed by atoms with Gasteiger partial charge in [0.25, 0.3) is 0 Å². The molecule has 0 unspecified atom stereocenters. The van der Waals surface area contributed by atoms with Crippen molar-refractivity contribution in [1.82, 2.24) is 9.21 Å². The van der Waals surface area contributed by atoms with Crippen LogP contribution in [-0.4, -0.2) is 44.2 Å². The third kappa shape index (κ3) is 4.21. The van der Waals surface area contributed by atoms with Crippen molar-refractivity contribution in [3.63, 3.8) is 0 Å². The molecule has 0 aliphatic rings. The van der Waals surface area contributed by atoms with E-state index in [-0.39, 0.29) is 17.3 Å². The lowest BCUT2D eigenvalue weighted by Crippen LogP contribution is -2.39. The molecule has 5 nitrogen and oxygen atoms in total. The summed E-state index contributed by atoms with van der Waals surface area (Å²) < 4.78 is 26.0. The Bertz CT molecular complexity index is 804. The van der Waals surface area contributed by atoms with E-state index in [1.54, 1.807) is 30.1 Å². The first-order valence-electron chi connectivity index (χ1n) is 7.62. The first-order valence-corrected chi connectivity index (χ1v) is 9.06. The van der Waals surface area contributed by atoms with Gasteiger partial charge in [0, 0.05) is 20.6 Å². The summed E-state index contributed by atoms with van der Waals surface area (Å²) in [6.07, 6.45) is 0. The second kappa shape index (κ2) is 7.59. The molecule has 2 aromatic rings.